The van der Waals surface area contributed by atoms with Gasteiger partial charge in [-0.25, -0.2) is 8.78 Å². The molecule has 1 fully saturated rings. The van der Waals surface area contributed by atoms with Crippen molar-refractivity contribution in [3.63, 3.8) is 0 Å². The monoisotopic (exact) mass is 282 g/mol. The number of hydrogen-bond donors (Lipinski definition) is 1. The van der Waals surface area contributed by atoms with Gasteiger partial charge in [0.25, 0.3) is 0 Å². The van der Waals surface area contributed by atoms with Crippen LogP contribution in [-0.4, -0.2) is 5.11 Å². The Morgan fingerprint density at radius 1 is 1.10 bits per heavy atom. The topological polar surface area (TPSA) is 20.2 Å². The molecule has 0 spiro atoms. The van der Waals surface area contributed by atoms with Crippen LogP contribution >= 0.6 is 0 Å². The SMILES string of the molecule is CC(C)(C)C1CCCC(O)(c2ccc(F)c(F)c2)CC1. The van der Waals surface area contributed by atoms with E-state index in [4.69, 9.17) is 0 Å². The molecule has 0 aliphatic heterocycles. The normalized spacial score (nSPS) is 28.2. The zero-order chi connectivity index (χ0) is 15.0. The van der Waals surface area contributed by atoms with Gasteiger partial charge in [0.1, 0.15) is 0 Å². The second-order valence-corrected chi connectivity index (χ2v) is 7.15. The first-order chi connectivity index (χ1) is 9.22. The van der Waals surface area contributed by atoms with Gasteiger partial charge in [-0.1, -0.05) is 26.8 Å². The third-order valence-corrected chi connectivity index (χ3v) is 4.73. The van der Waals surface area contributed by atoms with Crippen molar-refractivity contribution >= 4 is 0 Å². The van der Waals surface area contributed by atoms with Crippen molar-refractivity contribution in [2.75, 3.05) is 0 Å². The average Bonchev–Trinajstić information content (AvgIpc) is 2.55. The minimum absolute atomic E-state index is 0.222. The van der Waals surface area contributed by atoms with Crippen molar-refractivity contribution in [2.45, 2.75) is 58.5 Å². The molecule has 20 heavy (non-hydrogen) atoms. The summed E-state index contributed by atoms with van der Waals surface area (Å²) in [7, 11) is 0. The first-order valence-corrected chi connectivity index (χ1v) is 7.40. The number of aliphatic hydroxyl groups is 1. The van der Waals surface area contributed by atoms with E-state index in [1.165, 1.54) is 6.07 Å². The fourth-order valence-electron chi connectivity index (χ4n) is 3.26. The maximum absolute atomic E-state index is 13.4. The van der Waals surface area contributed by atoms with E-state index in [9.17, 15) is 13.9 Å². The van der Waals surface area contributed by atoms with Gasteiger partial charge in [0.05, 0.1) is 5.60 Å². The molecule has 1 saturated carbocycles. The highest BCUT2D eigenvalue weighted by Gasteiger charge is 2.36. The Bertz CT molecular complexity index is 478. The van der Waals surface area contributed by atoms with Gasteiger partial charge in [-0.15, -0.1) is 0 Å². The highest BCUT2D eigenvalue weighted by atomic mass is 19.2. The molecule has 2 rings (SSSR count). The Morgan fingerprint density at radius 2 is 1.80 bits per heavy atom. The van der Waals surface area contributed by atoms with Crippen LogP contribution in [0.1, 0.15) is 58.4 Å². The van der Waals surface area contributed by atoms with Crippen LogP contribution in [0.25, 0.3) is 0 Å². The Kier molecular flexibility index (Phi) is 4.19. The molecule has 1 aliphatic rings. The van der Waals surface area contributed by atoms with Gasteiger partial charge in [-0.2, -0.15) is 0 Å². The Balaban J connectivity index is 2.20. The van der Waals surface area contributed by atoms with Crippen LogP contribution in [0, 0.1) is 23.0 Å². The number of hydrogen-bond acceptors (Lipinski definition) is 1. The van der Waals surface area contributed by atoms with E-state index in [-0.39, 0.29) is 5.41 Å². The minimum Gasteiger partial charge on any atom is -0.385 e. The minimum atomic E-state index is -1.02. The zero-order valence-electron chi connectivity index (χ0n) is 12.5. The molecule has 0 radical (unpaired) electrons. The summed E-state index contributed by atoms with van der Waals surface area (Å²) < 4.78 is 26.4. The van der Waals surface area contributed by atoms with E-state index in [0.29, 0.717) is 24.3 Å². The lowest BCUT2D eigenvalue weighted by Gasteiger charge is -2.31. The molecule has 1 nitrogen and oxygen atoms in total. The van der Waals surface area contributed by atoms with Crippen molar-refractivity contribution in [3.05, 3.63) is 35.4 Å². The molecular weight excluding hydrogens is 258 g/mol. The van der Waals surface area contributed by atoms with E-state index in [1.54, 1.807) is 0 Å². The van der Waals surface area contributed by atoms with Gasteiger partial charge in [0.15, 0.2) is 11.6 Å². The van der Waals surface area contributed by atoms with Crippen molar-refractivity contribution in [1.29, 1.82) is 0 Å². The second kappa shape index (κ2) is 5.44. The Labute approximate surface area is 120 Å². The predicted octanol–water partition coefficient (Wildman–Crippen LogP) is 4.78. The molecule has 1 aromatic rings. The van der Waals surface area contributed by atoms with Gasteiger partial charge in [0, 0.05) is 0 Å². The first-order valence-electron chi connectivity index (χ1n) is 7.40. The first kappa shape index (κ1) is 15.4. The Hall–Kier alpha value is -0.960. The molecule has 0 amide bonds. The molecule has 0 heterocycles. The second-order valence-electron chi connectivity index (χ2n) is 7.15. The van der Waals surface area contributed by atoms with E-state index in [0.717, 1.165) is 31.4 Å². The number of halogens is 2. The molecule has 3 heteroatoms. The summed E-state index contributed by atoms with van der Waals surface area (Å²) in [5.41, 5.74) is -0.292. The average molecular weight is 282 g/mol. The van der Waals surface area contributed by atoms with Crippen LogP contribution in [0.4, 0.5) is 8.78 Å². The Morgan fingerprint density at radius 3 is 2.40 bits per heavy atom. The standard InChI is InChI=1S/C17H24F2O/c1-16(2,3)12-5-4-9-17(20,10-8-12)13-6-7-14(18)15(19)11-13/h6-7,11-12,20H,4-5,8-10H2,1-3H3. The van der Waals surface area contributed by atoms with Gasteiger partial charge in [-0.3, -0.25) is 0 Å². The summed E-state index contributed by atoms with van der Waals surface area (Å²) in [5, 5.41) is 10.8. The van der Waals surface area contributed by atoms with E-state index >= 15 is 0 Å². The van der Waals surface area contributed by atoms with Crippen molar-refractivity contribution < 1.29 is 13.9 Å². The summed E-state index contributed by atoms with van der Waals surface area (Å²) in [4.78, 5) is 0. The highest BCUT2D eigenvalue weighted by molar-refractivity contribution is 5.24. The van der Waals surface area contributed by atoms with Gasteiger partial charge in [-0.05, 0) is 61.1 Å². The van der Waals surface area contributed by atoms with Crippen LogP contribution in [0.15, 0.2) is 18.2 Å². The molecule has 2 atom stereocenters. The largest absolute Gasteiger partial charge is 0.385 e. The van der Waals surface area contributed by atoms with Gasteiger partial charge in [0.2, 0.25) is 0 Å². The molecule has 1 N–H and O–H groups in total. The van der Waals surface area contributed by atoms with Gasteiger partial charge >= 0.3 is 0 Å². The maximum Gasteiger partial charge on any atom is 0.159 e. The summed E-state index contributed by atoms with van der Waals surface area (Å²) >= 11 is 0. The van der Waals surface area contributed by atoms with E-state index in [2.05, 4.69) is 20.8 Å². The highest BCUT2D eigenvalue weighted by Crippen LogP contribution is 2.43. The summed E-state index contributed by atoms with van der Waals surface area (Å²) in [5.74, 6) is -1.19. The van der Waals surface area contributed by atoms with E-state index in [1.807, 2.05) is 0 Å². The quantitative estimate of drug-likeness (QED) is 0.735. The van der Waals surface area contributed by atoms with Crippen LogP contribution in [0.3, 0.4) is 0 Å². The van der Waals surface area contributed by atoms with Crippen LogP contribution in [0.2, 0.25) is 0 Å². The number of benzene rings is 1. The summed E-state index contributed by atoms with van der Waals surface area (Å²) in [6.07, 6.45) is 4.14. The summed E-state index contributed by atoms with van der Waals surface area (Å²) in [6, 6.07) is 3.76. The lowest BCUT2D eigenvalue weighted by Crippen LogP contribution is -2.26. The van der Waals surface area contributed by atoms with Crippen LogP contribution < -0.4 is 0 Å². The molecule has 0 aromatic heterocycles. The lowest BCUT2D eigenvalue weighted by molar-refractivity contribution is 0.0176. The van der Waals surface area contributed by atoms with E-state index < -0.39 is 17.2 Å². The molecule has 2 unspecified atom stereocenters. The third kappa shape index (κ3) is 3.20. The lowest BCUT2D eigenvalue weighted by atomic mass is 9.76. The fraction of sp³-hybridized carbons (Fsp3) is 0.647. The van der Waals surface area contributed by atoms with Crippen LogP contribution in [-0.2, 0) is 5.60 Å². The van der Waals surface area contributed by atoms with Gasteiger partial charge < -0.3 is 5.11 Å². The molecule has 0 bridgehead atoms. The molecule has 1 aromatic carbocycles. The predicted molar refractivity (Wildman–Crippen MR) is 76.3 cm³/mol. The third-order valence-electron chi connectivity index (χ3n) is 4.73. The van der Waals surface area contributed by atoms with Crippen molar-refractivity contribution in [3.8, 4) is 0 Å². The number of rotatable bonds is 1. The van der Waals surface area contributed by atoms with Crippen molar-refractivity contribution in [2.24, 2.45) is 11.3 Å². The molecular formula is C17H24F2O. The molecule has 1 aliphatic carbocycles. The zero-order valence-corrected chi connectivity index (χ0v) is 12.5. The van der Waals surface area contributed by atoms with Crippen LogP contribution in [0.5, 0.6) is 0 Å². The summed E-state index contributed by atoms with van der Waals surface area (Å²) in [6.45, 7) is 6.67. The molecule has 0 saturated heterocycles. The van der Waals surface area contributed by atoms with Crippen molar-refractivity contribution in [1.82, 2.24) is 0 Å². The molecule has 112 valence electrons. The fourth-order valence-corrected chi connectivity index (χ4v) is 3.26. The maximum atomic E-state index is 13.4. The smallest absolute Gasteiger partial charge is 0.159 e.